The molecule has 0 spiro atoms. The monoisotopic (exact) mass is 397 g/mol. The molecule has 0 atom stereocenters. The molecule has 0 aliphatic carbocycles. The fourth-order valence-electron chi connectivity index (χ4n) is 2.61. The van der Waals surface area contributed by atoms with Crippen molar-refractivity contribution in [1.82, 2.24) is 0 Å². The second kappa shape index (κ2) is 8.10. The molecule has 0 unspecified atom stereocenters. The van der Waals surface area contributed by atoms with Crippen molar-refractivity contribution in [1.29, 1.82) is 0 Å². The molecule has 0 aliphatic rings. The van der Waals surface area contributed by atoms with Gasteiger partial charge in [-0.3, -0.25) is 14.8 Å². The number of rotatable bonds is 7. The third kappa shape index (κ3) is 4.66. The SMILES string of the molecule is Cc1ccc(NCc2ccccc2NS(=O)(=O)c2cccc([N+](=O)[O-])c2)cc1. The van der Waals surface area contributed by atoms with Crippen molar-refractivity contribution in [3.8, 4) is 0 Å². The predicted molar refractivity (Wildman–Crippen MR) is 109 cm³/mol. The van der Waals surface area contributed by atoms with Crippen LogP contribution in [0.2, 0.25) is 0 Å². The molecule has 0 saturated carbocycles. The lowest BCUT2D eigenvalue weighted by atomic mass is 10.1. The first-order chi connectivity index (χ1) is 13.3. The van der Waals surface area contributed by atoms with E-state index in [9.17, 15) is 18.5 Å². The summed E-state index contributed by atoms with van der Waals surface area (Å²) >= 11 is 0. The zero-order valence-electron chi connectivity index (χ0n) is 15.1. The fourth-order valence-corrected chi connectivity index (χ4v) is 3.75. The number of nitrogens with one attached hydrogen (secondary N) is 2. The van der Waals surface area contributed by atoms with Crippen LogP contribution in [0.1, 0.15) is 11.1 Å². The Kier molecular flexibility index (Phi) is 5.60. The number of sulfonamides is 1. The Morgan fingerprint density at radius 1 is 0.964 bits per heavy atom. The van der Waals surface area contributed by atoms with Gasteiger partial charge in [0.1, 0.15) is 0 Å². The first-order valence-electron chi connectivity index (χ1n) is 8.51. The zero-order chi connectivity index (χ0) is 20.1. The maximum Gasteiger partial charge on any atom is 0.270 e. The molecule has 8 heteroatoms. The van der Waals surface area contributed by atoms with Crippen molar-refractivity contribution in [2.45, 2.75) is 18.4 Å². The molecule has 144 valence electrons. The van der Waals surface area contributed by atoms with Crippen molar-refractivity contribution in [2.24, 2.45) is 0 Å². The summed E-state index contributed by atoms with van der Waals surface area (Å²) in [6, 6.07) is 19.8. The van der Waals surface area contributed by atoms with E-state index in [1.165, 1.54) is 18.2 Å². The van der Waals surface area contributed by atoms with E-state index in [0.29, 0.717) is 12.2 Å². The minimum atomic E-state index is -3.96. The van der Waals surface area contributed by atoms with Crippen LogP contribution in [-0.2, 0) is 16.6 Å². The van der Waals surface area contributed by atoms with Crippen LogP contribution in [0.3, 0.4) is 0 Å². The first kappa shape index (κ1) is 19.4. The lowest BCUT2D eigenvalue weighted by molar-refractivity contribution is -0.385. The van der Waals surface area contributed by atoms with Crippen molar-refractivity contribution in [2.75, 3.05) is 10.0 Å². The Morgan fingerprint density at radius 2 is 1.68 bits per heavy atom. The number of anilines is 2. The van der Waals surface area contributed by atoms with E-state index in [0.717, 1.165) is 22.9 Å². The molecule has 0 bridgehead atoms. The van der Waals surface area contributed by atoms with Gasteiger partial charge < -0.3 is 5.32 Å². The van der Waals surface area contributed by atoms with Crippen molar-refractivity contribution < 1.29 is 13.3 Å². The summed E-state index contributed by atoms with van der Waals surface area (Å²) in [5, 5.41) is 14.2. The number of non-ortho nitro benzene ring substituents is 1. The number of hydrogen-bond donors (Lipinski definition) is 2. The number of aryl methyl sites for hydroxylation is 1. The van der Waals surface area contributed by atoms with Crippen LogP contribution in [0.5, 0.6) is 0 Å². The van der Waals surface area contributed by atoms with Gasteiger partial charge in [-0.15, -0.1) is 0 Å². The first-order valence-corrected chi connectivity index (χ1v) is 9.99. The maximum atomic E-state index is 12.7. The summed E-state index contributed by atoms with van der Waals surface area (Å²) < 4.78 is 27.9. The molecule has 2 N–H and O–H groups in total. The van der Waals surface area contributed by atoms with Crippen LogP contribution >= 0.6 is 0 Å². The van der Waals surface area contributed by atoms with Crippen LogP contribution in [0.4, 0.5) is 17.1 Å². The van der Waals surface area contributed by atoms with Gasteiger partial charge in [0.05, 0.1) is 15.5 Å². The lowest BCUT2D eigenvalue weighted by Gasteiger charge is -2.14. The van der Waals surface area contributed by atoms with E-state index >= 15 is 0 Å². The molecular formula is C20H19N3O4S. The lowest BCUT2D eigenvalue weighted by Crippen LogP contribution is -2.15. The highest BCUT2D eigenvalue weighted by molar-refractivity contribution is 7.92. The van der Waals surface area contributed by atoms with Gasteiger partial charge in [-0.1, -0.05) is 42.0 Å². The van der Waals surface area contributed by atoms with Crippen molar-refractivity contribution in [3.05, 3.63) is 94.0 Å². The van der Waals surface area contributed by atoms with Crippen LogP contribution in [0.15, 0.2) is 77.7 Å². The smallest absolute Gasteiger partial charge is 0.270 e. The zero-order valence-corrected chi connectivity index (χ0v) is 15.9. The van der Waals surface area contributed by atoms with Gasteiger partial charge in [0.15, 0.2) is 0 Å². The molecule has 7 nitrogen and oxygen atoms in total. The number of nitro groups is 1. The predicted octanol–water partition coefficient (Wildman–Crippen LogP) is 4.32. The molecule has 0 fully saturated rings. The van der Waals surface area contributed by atoms with Crippen LogP contribution < -0.4 is 10.0 Å². The molecule has 3 rings (SSSR count). The maximum absolute atomic E-state index is 12.7. The Labute approximate surface area is 163 Å². The fraction of sp³-hybridized carbons (Fsp3) is 0.100. The third-order valence-electron chi connectivity index (χ3n) is 4.13. The molecule has 0 heterocycles. The summed E-state index contributed by atoms with van der Waals surface area (Å²) in [5.41, 5.74) is 2.94. The van der Waals surface area contributed by atoms with E-state index in [1.807, 2.05) is 43.3 Å². The van der Waals surface area contributed by atoms with E-state index < -0.39 is 14.9 Å². The van der Waals surface area contributed by atoms with Crippen molar-refractivity contribution in [3.63, 3.8) is 0 Å². The van der Waals surface area contributed by atoms with Gasteiger partial charge in [0.25, 0.3) is 15.7 Å². The molecule has 0 radical (unpaired) electrons. The third-order valence-corrected chi connectivity index (χ3v) is 5.50. The van der Waals surface area contributed by atoms with Crippen molar-refractivity contribution >= 4 is 27.1 Å². The molecular weight excluding hydrogens is 378 g/mol. The summed E-state index contributed by atoms with van der Waals surface area (Å²) in [4.78, 5) is 10.1. The van der Waals surface area contributed by atoms with Gasteiger partial charge in [-0.25, -0.2) is 8.42 Å². The van der Waals surface area contributed by atoms with Gasteiger partial charge in [-0.2, -0.15) is 0 Å². The number of nitrogens with zero attached hydrogens (tertiary/aromatic N) is 1. The van der Waals surface area contributed by atoms with Gasteiger partial charge in [0.2, 0.25) is 0 Å². The number of hydrogen-bond acceptors (Lipinski definition) is 5. The van der Waals surface area contributed by atoms with Gasteiger partial charge in [-0.05, 0) is 36.8 Å². The second-order valence-corrected chi connectivity index (χ2v) is 7.92. The normalized spacial score (nSPS) is 11.0. The second-order valence-electron chi connectivity index (χ2n) is 6.24. The Bertz CT molecular complexity index is 1100. The molecule has 0 saturated heterocycles. The van der Waals surface area contributed by atoms with Crippen LogP contribution in [0.25, 0.3) is 0 Å². The summed E-state index contributed by atoms with van der Waals surface area (Å²) in [6.07, 6.45) is 0. The largest absolute Gasteiger partial charge is 0.381 e. The highest BCUT2D eigenvalue weighted by atomic mass is 32.2. The minimum absolute atomic E-state index is 0.164. The Hall–Kier alpha value is -3.39. The highest BCUT2D eigenvalue weighted by Gasteiger charge is 2.19. The van der Waals surface area contributed by atoms with Gasteiger partial charge in [0, 0.05) is 24.4 Å². The number of benzene rings is 3. The molecule has 0 amide bonds. The standard InChI is InChI=1S/C20H19N3O4S/c1-15-9-11-17(12-10-15)21-14-16-5-2-3-8-20(16)22-28(26,27)19-7-4-6-18(13-19)23(24)25/h2-13,21-22H,14H2,1H3. The molecule has 0 aromatic heterocycles. The van der Waals surface area contributed by atoms with Crippen LogP contribution in [-0.4, -0.2) is 13.3 Å². The molecule has 28 heavy (non-hydrogen) atoms. The van der Waals surface area contributed by atoms with E-state index in [1.54, 1.807) is 12.1 Å². The number of nitro benzene ring substituents is 1. The average molecular weight is 397 g/mol. The van der Waals surface area contributed by atoms with E-state index in [2.05, 4.69) is 10.0 Å². The van der Waals surface area contributed by atoms with Crippen LogP contribution in [0, 0.1) is 17.0 Å². The molecule has 3 aromatic rings. The summed E-state index contributed by atoms with van der Waals surface area (Å²) in [5.74, 6) is 0. The number of para-hydroxylation sites is 1. The quantitative estimate of drug-likeness (QED) is 0.457. The Morgan fingerprint density at radius 3 is 2.39 bits per heavy atom. The van der Waals surface area contributed by atoms with E-state index in [4.69, 9.17) is 0 Å². The Balaban J connectivity index is 1.81. The minimum Gasteiger partial charge on any atom is -0.381 e. The topological polar surface area (TPSA) is 101 Å². The van der Waals surface area contributed by atoms with Gasteiger partial charge >= 0.3 is 0 Å². The molecule has 0 aliphatic heterocycles. The molecule has 3 aromatic carbocycles. The van der Waals surface area contributed by atoms with E-state index in [-0.39, 0.29) is 10.6 Å². The summed E-state index contributed by atoms with van der Waals surface area (Å²) in [7, 11) is -3.96. The summed E-state index contributed by atoms with van der Waals surface area (Å²) in [6.45, 7) is 2.42. The average Bonchev–Trinajstić information content (AvgIpc) is 2.68. The highest BCUT2D eigenvalue weighted by Crippen LogP contribution is 2.23.